The number of nitro benzene ring substituents is 1. The summed E-state index contributed by atoms with van der Waals surface area (Å²) >= 11 is 0. The van der Waals surface area contributed by atoms with Gasteiger partial charge in [0, 0.05) is 6.07 Å². The number of benzene rings is 1. The summed E-state index contributed by atoms with van der Waals surface area (Å²) in [4.78, 5) is 32.6. The molecular weight excluding hydrogens is 293 g/mol. The Morgan fingerprint density at radius 3 is 2.33 bits per heavy atom. The number of carbonyl (C=O) groups excluding carboxylic acids is 2. The second kappa shape index (κ2) is 5.70. The molecule has 1 rings (SSSR count). The number of halogens is 3. The third kappa shape index (κ3) is 3.42. The van der Waals surface area contributed by atoms with Gasteiger partial charge in [0.25, 0.3) is 5.69 Å². The summed E-state index contributed by atoms with van der Waals surface area (Å²) in [6, 6.07) is 2.64. The van der Waals surface area contributed by atoms with Crippen LogP contribution in [0.4, 0.5) is 18.9 Å². The number of Topliss-reactive ketones (excluding diaryl/α,β-unsaturated/α-hetero) is 2. The van der Waals surface area contributed by atoms with E-state index in [4.69, 9.17) is 5.26 Å². The van der Waals surface area contributed by atoms with Crippen molar-refractivity contribution in [2.75, 3.05) is 0 Å². The van der Waals surface area contributed by atoms with E-state index in [9.17, 15) is 32.9 Å². The van der Waals surface area contributed by atoms with Gasteiger partial charge in [-0.05, 0) is 19.1 Å². The Morgan fingerprint density at radius 2 is 1.95 bits per heavy atom. The number of nitriles is 1. The molecule has 0 saturated heterocycles. The van der Waals surface area contributed by atoms with E-state index in [-0.39, 0.29) is 6.07 Å². The van der Waals surface area contributed by atoms with Crippen molar-refractivity contribution in [2.24, 2.45) is 5.92 Å². The van der Waals surface area contributed by atoms with Gasteiger partial charge in [-0.15, -0.1) is 0 Å². The molecular formula is C12H7F3N2O4. The molecule has 9 heteroatoms. The first-order valence-corrected chi connectivity index (χ1v) is 5.39. The van der Waals surface area contributed by atoms with Gasteiger partial charge in [-0.3, -0.25) is 19.7 Å². The Hall–Kier alpha value is -2.76. The van der Waals surface area contributed by atoms with Gasteiger partial charge in [0.2, 0.25) is 0 Å². The quantitative estimate of drug-likeness (QED) is 0.368. The minimum Gasteiger partial charge on any atom is -0.298 e. The molecule has 110 valence electrons. The van der Waals surface area contributed by atoms with Crippen LogP contribution in [0.3, 0.4) is 0 Å². The molecule has 0 saturated carbocycles. The minimum absolute atomic E-state index is 0.196. The number of alkyl halides is 3. The highest BCUT2D eigenvalue weighted by molar-refractivity contribution is 6.13. The van der Waals surface area contributed by atoms with E-state index in [0.717, 1.165) is 6.92 Å². The molecule has 0 aromatic heterocycles. The predicted molar refractivity (Wildman–Crippen MR) is 62.2 cm³/mol. The number of carbonyl (C=O) groups is 2. The zero-order chi connectivity index (χ0) is 16.4. The van der Waals surface area contributed by atoms with E-state index in [1.165, 1.54) is 6.07 Å². The van der Waals surface area contributed by atoms with Crippen molar-refractivity contribution in [3.63, 3.8) is 0 Å². The van der Waals surface area contributed by atoms with Gasteiger partial charge in [-0.25, -0.2) is 0 Å². The van der Waals surface area contributed by atoms with E-state index in [1.807, 2.05) is 0 Å². The van der Waals surface area contributed by atoms with Crippen molar-refractivity contribution in [2.45, 2.75) is 13.1 Å². The summed E-state index contributed by atoms with van der Waals surface area (Å²) in [5.74, 6) is -3.84. The van der Waals surface area contributed by atoms with Gasteiger partial charge in [0.1, 0.15) is 0 Å². The molecule has 0 fully saturated rings. The van der Waals surface area contributed by atoms with Crippen LogP contribution in [0.2, 0.25) is 0 Å². The van der Waals surface area contributed by atoms with Crippen molar-refractivity contribution in [1.82, 2.24) is 0 Å². The van der Waals surface area contributed by atoms with Gasteiger partial charge >= 0.3 is 6.18 Å². The van der Waals surface area contributed by atoms with Gasteiger partial charge in [-0.2, -0.15) is 18.4 Å². The summed E-state index contributed by atoms with van der Waals surface area (Å²) < 4.78 is 37.5. The van der Waals surface area contributed by atoms with E-state index in [0.29, 0.717) is 12.1 Å². The lowest BCUT2D eigenvalue weighted by Gasteiger charge is -2.09. The third-order valence-electron chi connectivity index (χ3n) is 2.59. The summed E-state index contributed by atoms with van der Waals surface area (Å²) in [5, 5.41) is 19.5. The fourth-order valence-corrected chi connectivity index (χ4v) is 1.56. The van der Waals surface area contributed by atoms with Gasteiger partial charge in [0.15, 0.2) is 17.5 Å². The lowest BCUT2D eigenvalue weighted by atomic mass is 9.94. The maximum absolute atomic E-state index is 12.5. The zero-order valence-electron chi connectivity index (χ0n) is 10.5. The summed E-state index contributed by atoms with van der Waals surface area (Å²) in [6.07, 6.45) is -4.82. The Balaban J connectivity index is 3.45. The first-order chi connectivity index (χ1) is 9.59. The molecule has 1 aromatic rings. The van der Waals surface area contributed by atoms with Gasteiger partial charge in [-0.1, -0.05) is 0 Å². The van der Waals surface area contributed by atoms with Crippen LogP contribution in [-0.4, -0.2) is 16.5 Å². The topological polar surface area (TPSA) is 101 Å². The molecule has 21 heavy (non-hydrogen) atoms. The van der Waals surface area contributed by atoms with Crippen molar-refractivity contribution < 1.29 is 27.7 Å². The van der Waals surface area contributed by atoms with E-state index < -0.39 is 45.4 Å². The molecule has 0 bridgehead atoms. The molecule has 1 atom stereocenters. The Morgan fingerprint density at radius 1 is 1.38 bits per heavy atom. The van der Waals surface area contributed by atoms with Crippen LogP contribution in [-0.2, 0) is 11.0 Å². The summed E-state index contributed by atoms with van der Waals surface area (Å²) in [5.41, 5.74) is -3.12. The van der Waals surface area contributed by atoms with E-state index >= 15 is 0 Å². The van der Waals surface area contributed by atoms with Crippen molar-refractivity contribution in [3.8, 4) is 6.07 Å². The molecule has 0 amide bonds. The normalized spacial score (nSPS) is 12.3. The smallest absolute Gasteiger partial charge is 0.298 e. The maximum atomic E-state index is 12.5. The molecule has 6 nitrogen and oxygen atoms in total. The van der Waals surface area contributed by atoms with Gasteiger partial charge in [0.05, 0.1) is 22.1 Å². The third-order valence-corrected chi connectivity index (χ3v) is 2.59. The van der Waals surface area contributed by atoms with Crippen LogP contribution in [0.5, 0.6) is 0 Å². The fraction of sp³-hybridized carbons (Fsp3) is 0.250. The van der Waals surface area contributed by atoms with Crippen LogP contribution in [0.1, 0.15) is 22.8 Å². The van der Waals surface area contributed by atoms with E-state index in [1.54, 1.807) is 0 Å². The van der Waals surface area contributed by atoms with Crippen LogP contribution in [0, 0.1) is 27.4 Å². The molecule has 0 radical (unpaired) electrons. The van der Waals surface area contributed by atoms with Crippen LogP contribution in [0.15, 0.2) is 18.2 Å². The molecule has 0 heterocycles. The molecule has 0 spiro atoms. The van der Waals surface area contributed by atoms with Gasteiger partial charge < -0.3 is 0 Å². The molecule has 0 aliphatic rings. The number of rotatable bonds is 4. The molecule has 1 aromatic carbocycles. The number of nitrogens with zero attached hydrogens (tertiary/aromatic N) is 2. The lowest BCUT2D eigenvalue weighted by Crippen LogP contribution is -2.21. The average Bonchev–Trinajstić information content (AvgIpc) is 2.37. The van der Waals surface area contributed by atoms with Crippen LogP contribution >= 0.6 is 0 Å². The molecule has 0 aliphatic heterocycles. The fourth-order valence-electron chi connectivity index (χ4n) is 1.56. The average molecular weight is 300 g/mol. The van der Waals surface area contributed by atoms with E-state index in [2.05, 4.69) is 0 Å². The number of hydrogen-bond donors (Lipinski definition) is 0. The van der Waals surface area contributed by atoms with Crippen molar-refractivity contribution in [3.05, 3.63) is 39.4 Å². The number of nitro groups is 1. The second-order valence-corrected chi connectivity index (χ2v) is 4.02. The van der Waals surface area contributed by atoms with Crippen LogP contribution in [0.25, 0.3) is 0 Å². The number of hydrogen-bond acceptors (Lipinski definition) is 5. The SMILES string of the molecule is CC(=O)C(C#N)C(=O)c1ccc(C(F)(F)F)cc1[N+](=O)[O-]. The second-order valence-electron chi connectivity index (χ2n) is 4.02. The number of ketones is 2. The zero-order valence-corrected chi connectivity index (χ0v) is 10.5. The summed E-state index contributed by atoms with van der Waals surface area (Å²) in [6.45, 7) is 0.932. The standard InChI is InChI=1S/C12H7F3N2O4/c1-6(18)9(5-16)11(19)8-3-2-7(12(13,14)15)4-10(8)17(20)21/h2-4,9H,1H3. The maximum Gasteiger partial charge on any atom is 0.416 e. The molecule has 0 aliphatic carbocycles. The molecule has 0 N–H and O–H groups in total. The highest BCUT2D eigenvalue weighted by Crippen LogP contribution is 2.33. The minimum atomic E-state index is -4.82. The first-order valence-electron chi connectivity index (χ1n) is 5.39. The van der Waals surface area contributed by atoms with Crippen molar-refractivity contribution >= 4 is 17.3 Å². The van der Waals surface area contributed by atoms with Crippen LogP contribution < -0.4 is 0 Å². The molecule has 1 unspecified atom stereocenters. The summed E-state index contributed by atoms with van der Waals surface area (Å²) in [7, 11) is 0. The Kier molecular flexibility index (Phi) is 4.42. The Bertz CT molecular complexity index is 661. The Labute approximate surface area is 115 Å². The van der Waals surface area contributed by atoms with Crippen molar-refractivity contribution in [1.29, 1.82) is 5.26 Å². The first kappa shape index (κ1) is 16.3. The lowest BCUT2D eigenvalue weighted by molar-refractivity contribution is -0.385. The largest absolute Gasteiger partial charge is 0.416 e. The highest BCUT2D eigenvalue weighted by atomic mass is 19.4. The predicted octanol–water partition coefficient (Wildman–Crippen LogP) is 2.53. The monoisotopic (exact) mass is 300 g/mol. The highest BCUT2D eigenvalue weighted by Gasteiger charge is 2.35.